The molecular weight excluding hydrogens is 240 g/mol. The maximum Gasteiger partial charge on any atom is 0.151 e. The van der Waals surface area contributed by atoms with Crippen LogP contribution in [0.2, 0.25) is 0 Å². The van der Waals surface area contributed by atoms with Crippen molar-refractivity contribution < 1.29 is 0 Å². The fourth-order valence-electron chi connectivity index (χ4n) is 2.02. The summed E-state index contributed by atoms with van der Waals surface area (Å²) in [7, 11) is 0. The second-order valence-corrected chi connectivity index (χ2v) is 4.35. The average molecular weight is 254 g/mol. The SMILES string of the molecule is CCc1nnnn1Cc1nc2ccccc2nc1C. The van der Waals surface area contributed by atoms with Gasteiger partial charge in [0.1, 0.15) is 0 Å². The van der Waals surface area contributed by atoms with Gasteiger partial charge in [0.2, 0.25) is 0 Å². The highest BCUT2D eigenvalue weighted by Crippen LogP contribution is 2.13. The second kappa shape index (κ2) is 4.72. The van der Waals surface area contributed by atoms with Crippen molar-refractivity contribution in [3.05, 3.63) is 41.5 Å². The highest BCUT2D eigenvalue weighted by atomic mass is 15.5. The summed E-state index contributed by atoms with van der Waals surface area (Å²) in [6.45, 7) is 4.55. The zero-order valence-electron chi connectivity index (χ0n) is 10.9. The second-order valence-electron chi connectivity index (χ2n) is 4.35. The van der Waals surface area contributed by atoms with Crippen LogP contribution in [0.4, 0.5) is 0 Å². The molecule has 2 heterocycles. The molecule has 0 unspecified atom stereocenters. The number of hydrogen-bond acceptors (Lipinski definition) is 5. The molecule has 0 N–H and O–H groups in total. The first-order valence-corrected chi connectivity index (χ1v) is 6.25. The van der Waals surface area contributed by atoms with Crippen LogP contribution in [0.15, 0.2) is 24.3 Å². The molecule has 0 atom stereocenters. The standard InChI is InChI=1S/C13H14N6/c1-3-13-16-17-18-19(13)8-12-9(2)14-10-6-4-5-7-11(10)15-12/h4-7H,3,8H2,1-2H3. The molecule has 2 aromatic heterocycles. The Hall–Kier alpha value is -2.37. The van der Waals surface area contributed by atoms with E-state index in [1.54, 1.807) is 4.68 Å². The first kappa shape index (κ1) is 11.7. The number of tetrazole rings is 1. The molecule has 0 saturated heterocycles. The lowest BCUT2D eigenvalue weighted by molar-refractivity contribution is 0.609. The van der Waals surface area contributed by atoms with Crippen molar-refractivity contribution in [1.29, 1.82) is 0 Å². The number of benzene rings is 1. The van der Waals surface area contributed by atoms with E-state index < -0.39 is 0 Å². The minimum Gasteiger partial charge on any atom is -0.250 e. The van der Waals surface area contributed by atoms with E-state index in [2.05, 4.69) is 25.5 Å². The monoisotopic (exact) mass is 254 g/mol. The van der Waals surface area contributed by atoms with E-state index in [-0.39, 0.29) is 0 Å². The molecule has 19 heavy (non-hydrogen) atoms. The van der Waals surface area contributed by atoms with Gasteiger partial charge in [-0.25, -0.2) is 14.6 Å². The number of nitrogens with zero attached hydrogens (tertiary/aromatic N) is 6. The summed E-state index contributed by atoms with van der Waals surface area (Å²) in [5, 5.41) is 11.7. The zero-order chi connectivity index (χ0) is 13.2. The predicted molar refractivity (Wildman–Crippen MR) is 70.6 cm³/mol. The van der Waals surface area contributed by atoms with E-state index in [4.69, 9.17) is 0 Å². The first-order valence-electron chi connectivity index (χ1n) is 6.25. The predicted octanol–water partition coefficient (Wildman–Crippen LogP) is 1.54. The molecule has 0 amide bonds. The van der Waals surface area contributed by atoms with Crippen LogP contribution in [0, 0.1) is 6.92 Å². The van der Waals surface area contributed by atoms with Gasteiger partial charge in [-0.2, -0.15) is 0 Å². The lowest BCUT2D eigenvalue weighted by Crippen LogP contribution is -2.10. The van der Waals surface area contributed by atoms with Crippen molar-refractivity contribution in [2.45, 2.75) is 26.8 Å². The summed E-state index contributed by atoms with van der Waals surface area (Å²) in [6.07, 6.45) is 0.799. The number of hydrogen-bond donors (Lipinski definition) is 0. The molecule has 3 rings (SSSR count). The maximum absolute atomic E-state index is 4.65. The van der Waals surface area contributed by atoms with Crippen LogP contribution < -0.4 is 0 Å². The van der Waals surface area contributed by atoms with Crippen molar-refractivity contribution in [2.24, 2.45) is 0 Å². The summed E-state index contributed by atoms with van der Waals surface area (Å²) in [6, 6.07) is 7.86. The third kappa shape index (κ3) is 2.16. The van der Waals surface area contributed by atoms with Crippen LogP contribution in [-0.4, -0.2) is 30.2 Å². The van der Waals surface area contributed by atoms with Crippen molar-refractivity contribution in [3.63, 3.8) is 0 Å². The Kier molecular flexibility index (Phi) is 2.91. The fraction of sp³-hybridized carbons (Fsp3) is 0.308. The van der Waals surface area contributed by atoms with Crippen molar-refractivity contribution >= 4 is 11.0 Å². The third-order valence-corrected chi connectivity index (χ3v) is 3.06. The minimum absolute atomic E-state index is 0.555. The van der Waals surface area contributed by atoms with Gasteiger partial charge >= 0.3 is 0 Å². The molecule has 1 aromatic carbocycles. The van der Waals surface area contributed by atoms with Gasteiger partial charge in [-0.3, -0.25) is 0 Å². The van der Waals surface area contributed by atoms with Gasteiger partial charge in [-0.15, -0.1) is 5.10 Å². The van der Waals surface area contributed by atoms with Crippen molar-refractivity contribution in [2.75, 3.05) is 0 Å². The first-order chi connectivity index (χ1) is 9.28. The fourth-order valence-corrected chi connectivity index (χ4v) is 2.02. The molecule has 0 radical (unpaired) electrons. The highest BCUT2D eigenvalue weighted by molar-refractivity contribution is 5.74. The van der Waals surface area contributed by atoms with E-state index in [1.165, 1.54) is 0 Å². The quantitative estimate of drug-likeness (QED) is 0.709. The average Bonchev–Trinajstić information content (AvgIpc) is 2.87. The molecule has 6 nitrogen and oxygen atoms in total. The molecular formula is C13H14N6. The molecule has 0 fully saturated rings. The number of aromatic nitrogens is 6. The van der Waals surface area contributed by atoms with Crippen LogP contribution in [0.25, 0.3) is 11.0 Å². The van der Waals surface area contributed by atoms with Gasteiger partial charge in [0.15, 0.2) is 5.82 Å². The molecule has 0 spiro atoms. The summed E-state index contributed by atoms with van der Waals surface area (Å²) < 4.78 is 1.77. The van der Waals surface area contributed by atoms with Crippen molar-refractivity contribution in [1.82, 2.24) is 30.2 Å². The molecule has 0 aliphatic rings. The Labute approximate surface area is 110 Å². The Balaban J connectivity index is 2.03. The zero-order valence-corrected chi connectivity index (χ0v) is 10.9. The largest absolute Gasteiger partial charge is 0.250 e. The topological polar surface area (TPSA) is 69.4 Å². The number of para-hydroxylation sites is 2. The molecule has 0 saturated carbocycles. The smallest absolute Gasteiger partial charge is 0.151 e. The number of rotatable bonds is 3. The van der Waals surface area contributed by atoms with E-state index in [0.29, 0.717) is 6.54 Å². The van der Waals surface area contributed by atoms with Crippen LogP contribution in [-0.2, 0) is 13.0 Å². The minimum atomic E-state index is 0.555. The van der Waals surface area contributed by atoms with Crippen LogP contribution >= 0.6 is 0 Å². The summed E-state index contributed by atoms with van der Waals surface area (Å²) in [4.78, 5) is 9.21. The van der Waals surface area contributed by atoms with E-state index in [1.807, 2.05) is 38.1 Å². The van der Waals surface area contributed by atoms with E-state index in [0.717, 1.165) is 34.7 Å². The molecule has 6 heteroatoms. The van der Waals surface area contributed by atoms with Gasteiger partial charge in [0.05, 0.1) is 29.0 Å². The van der Waals surface area contributed by atoms with Gasteiger partial charge in [-0.05, 0) is 29.5 Å². The molecule has 3 aromatic rings. The van der Waals surface area contributed by atoms with E-state index in [9.17, 15) is 0 Å². The molecule has 96 valence electrons. The van der Waals surface area contributed by atoms with Crippen LogP contribution in [0.5, 0.6) is 0 Å². The Morgan fingerprint density at radius 3 is 2.58 bits per heavy atom. The third-order valence-electron chi connectivity index (χ3n) is 3.06. The number of aryl methyl sites for hydroxylation is 2. The van der Waals surface area contributed by atoms with Gasteiger partial charge in [0.25, 0.3) is 0 Å². The molecule has 0 aliphatic carbocycles. The highest BCUT2D eigenvalue weighted by Gasteiger charge is 2.09. The lowest BCUT2D eigenvalue weighted by Gasteiger charge is -2.07. The normalized spacial score (nSPS) is 11.1. The van der Waals surface area contributed by atoms with Crippen LogP contribution in [0.1, 0.15) is 24.1 Å². The molecule has 0 aliphatic heterocycles. The van der Waals surface area contributed by atoms with Crippen molar-refractivity contribution in [3.8, 4) is 0 Å². The molecule has 0 bridgehead atoms. The summed E-state index contributed by atoms with van der Waals surface area (Å²) in [5.74, 6) is 0.856. The Morgan fingerprint density at radius 2 is 1.84 bits per heavy atom. The van der Waals surface area contributed by atoms with Gasteiger partial charge in [0, 0.05) is 6.42 Å². The van der Waals surface area contributed by atoms with Gasteiger partial charge < -0.3 is 0 Å². The van der Waals surface area contributed by atoms with Gasteiger partial charge in [-0.1, -0.05) is 19.1 Å². The number of fused-ring (bicyclic) bond motifs is 1. The lowest BCUT2D eigenvalue weighted by atomic mass is 10.2. The maximum atomic E-state index is 4.65. The van der Waals surface area contributed by atoms with Crippen LogP contribution in [0.3, 0.4) is 0 Å². The van der Waals surface area contributed by atoms with E-state index >= 15 is 0 Å². The summed E-state index contributed by atoms with van der Waals surface area (Å²) >= 11 is 0. The summed E-state index contributed by atoms with van der Waals surface area (Å²) in [5.41, 5.74) is 3.63. The Bertz CT molecular complexity index is 718. The Morgan fingerprint density at radius 1 is 1.11 bits per heavy atom.